The van der Waals surface area contributed by atoms with Gasteiger partial charge in [0.1, 0.15) is 12.7 Å². The van der Waals surface area contributed by atoms with Crippen LogP contribution in [0.5, 0.6) is 0 Å². The van der Waals surface area contributed by atoms with Gasteiger partial charge >= 0.3 is 0 Å². The Kier molecular flexibility index (Phi) is 4.97. The lowest BCUT2D eigenvalue weighted by Crippen LogP contribution is -2.39. The van der Waals surface area contributed by atoms with E-state index < -0.39 is 0 Å². The normalized spacial score (nSPS) is 15.8. The van der Waals surface area contributed by atoms with Gasteiger partial charge in [0.05, 0.1) is 0 Å². The number of carbonyl (C=O) groups excluding carboxylic acids is 1. The van der Waals surface area contributed by atoms with Crippen molar-refractivity contribution >= 4 is 5.91 Å². The molecule has 0 aromatic carbocycles. The molecular formula is C16H22N6O. The topological polar surface area (TPSA) is 75.9 Å². The molecule has 2 aromatic heterocycles. The Bertz CT molecular complexity index is 634. The summed E-state index contributed by atoms with van der Waals surface area (Å²) in [4.78, 5) is 22.8. The third-order valence-corrected chi connectivity index (χ3v) is 4.35. The molecule has 1 aliphatic rings. The largest absolute Gasteiger partial charge is 0.339 e. The summed E-state index contributed by atoms with van der Waals surface area (Å²) in [6.07, 6.45) is 8.01. The summed E-state index contributed by atoms with van der Waals surface area (Å²) in [5.74, 6) is 1.40. The molecule has 122 valence electrons. The van der Waals surface area contributed by atoms with Crippen LogP contribution in [0.25, 0.3) is 5.82 Å². The number of hydrogen-bond donors (Lipinski definition) is 1. The highest BCUT2D eigenvalue weighted by molar-refractivity contribution is 5.94. The van der Waals surface area contributed by atoms with Crippen LogP contribution in [0, 0.1) is 5.92 Å². The van der Waals surface area contributed by atoms with Gasteiger partial charge in [-0.1, -0.05) is 0 Å². The van der Waals surface area contributed by atoms with Gasteiger partial charge in [0, 0.05) is 24.8 Å². The molecule has 1 fully saturated rings. The Hall–Kier alpha value is -2.28. The van der Waals surface area contributed by atoms with E-state index in [9.17, 15) is 4.79 Å². The lowest BCUT2D eigenvalue weighted by Gasteiger charge is -2.32. The second-order valence-corrected chi connectivity index (χ2v) is 5.87. The maximum atomic E-state index is 12.7. The number of carbonyl (C=O) groups is 1. The Morgan fingerprint density at radius 1 is 1.39 bits per heavy atom. The number of hydrogen-bond acceptors (Lipinski definition) is 5. The Balaban J connectivity index is 1.64. The lowest BCUT2D eigenvalue weighted by molar-refractivity contribution is 0.0687. The zero-order valence-corrected chi connectivity index (χ0v) is 13.4. The molecule has 0 atom stereocenters. The molecule has 23 heavy (non-hydrogen) atoms. The first-order valence-corrected chi connectivity index (χ1v) is 8.03. The van der Waals surface area contributed by atoms with Gasteiger partial charge in [-0.3, -0.25) is 4.79 Å². The summed E-state index contributed by atoms with van der Waals surface area (Å²) in [5, 5.41) is 7.24. The van der Waals surface area contributed by atoms with Crippen LogP contribution < -0.4 is 5.32 Å². The minimum Gasteiger partial charge on any atom is -0.339 e. The number of piperidine rings is 1. The minimum absolute atomic E-state index is 0.0702. The molecule has 1 aliphatic heterocycles. The van der Waals surface area contributed by atoms with Crippen LogP contribution >= 0.6 is 0 Å². The van der Waals surface area contributed by atoms with Gasteiger partial charge in [0.15, 0.2) is 5.82 Å². The summed E-state index contributed by atoms with van der Waals surface area (Å²) in [6.45, 7) is 2.70. The fourth-order valence-electron chi connectivity index (χ4n) is 2.96. The number of aromatic nitrogens is 4. The first-order valence-electron chi connectivity index (χ1n) is 8.03. The minimum atomic E-state index is 0.0702. The van der Waals surface area contributed by atoms with Crippen molar-refractivity contribution in [1.82, 2.24) is 30.0 Å². The molecule has 3 rings (SSSR count). The summed E-state index contributed by atoms with van der Waals surface area (Å²) in [7, 11) is 1.98. The highest BCUT2D eigenvalue weighted by Gasteiger charge is 2.23. The van der Waals surface area contributed by atoms with E-state index in [0.717, 1.165) is 38.4 Å². The first kappa shape index (κ1) is 15.6. The van der Waals surface area contributed by atoms with Crippen LogP contribution in [0.15, 0.2) is 31.0 Å². The number of likely N-dealkylation sites (tertiary alicyclic amines) is 1. The summed E-state index contributed by atoms with van der Waals surface area (Å²) >= 11 is 0. The molecular weight excluding hydrogens is 292 g/mol. The summed E-state index contributed by atoms with van der Waals surface area (Å²) < 4.78 is 1.56. The number of nitrogens with one attached hydrogen (secondary N) is 1. The monoisotopic (exact) mass is 314 g/mol. The van der Waals surface area contributed by atoms with Gasteiger partial charge in [-0.25, -0.2) is 14.6 Å². The van der Waals surface area contributed by atoms with Crippen LogP contribution in [-0.4, -0.2) is 57.2 Å². The molecule has 0 saturated carbocycles. The van der Waals surface area contributed by atoms with Crippen molar-refractivity contribution in [3.05, 3.63) is 36.5 Å². The number of nitrogens with zero attached hydrogens (tertiary/aromatic N) is 5. The molecule has 1 saturated heterocycles. The third kappa shape index (κ3) is 3.73. The van der Waals surface area contributed by atoms with E-state index in [2.05, 4.69) is 20.4 Å². The molecule has 2 aromatic rings. The van der Waals surface area contributed by atoms with Gasteiger partial charge in [0.2, 0.25) is 0 Å². The number of amides is 1. The molecule has 0 unspecified atom stereocenters. The fraction of sp³-hybridized carbons (Fsp3) is 0.500. The van der Waals surface area contributed by atoms with Crippen molar-refractivity contribution in [2.45, 2.75) is 19.3 Å². The number of pyridine rings is 1. The quantitative estimate of drug-likeness (QED) is 0.895. The van der Waals surface area contributed by atoms with E-state index in [1.807, 2.05) is 11.9 Å². The van der Waals surface area contributed by atoms with Crippen molar-refractivity contribution in [2.24, 2.45) is 5.92 Å². The van der Waals surface area contributed by atoms with Crippen molar-refractivity contribution in [1.29, 1.82) is 0 Å². The fourth-order valence-corrected chi connectivity index (χ4v) is 2.96. The molecule has 1 amide bonds. The second-order valence-electron chi connectivity index (χ2n) is 5.87. The van der Waals surface area contributed by atoms with Crippen LogP contribution in [-0.2, 0) is 0 Å². The number of rotatable bonds is 5. The van der Waals surface area contributed by atoms with E-state index >= 15 is 0 Å². The molecule has 0 bridgehead atoms. The van der Waals surface area contributed by atoms with Gasteiger partial charge in [-0.15, -0.1) is 0 Å². The second kappa shape index (κ2) is 7.32. The van der Waals surface area contributed by atoms with Crippen LogP contribution in [0.2, 0.25) is 0 Å². The molecule has 0 radical (unpaired) electrons. The van der Waals surface area contributed by atoms with Crippen molar-refractivity contribution < 1.29 is 4.79 Å². The highest BCUT2D eigenvalue weighted by atomic mass is 16.2. The van der Waals surface area contributed by atoms with Gasteiger partial charge in [-0.05, 0) is 50.9 Å². The van der Waals surface area contributed by atoms with Crippen LogP contribution in [0.4, 0.5) is 0 Å². The zero-order chi connectivity index (χ0) is 16.1. The maximum absolute atomic E-state index is 12.7. The SMILES string of the molecule is CNCCC1CCN(C(=O)c2ccnc(-n3cncn3)c2)CC1. The highest BCUT2D eigenvalue weighted by Crippen LogP contribution is 2.21. The predicted molar refractivity (Wildman–Crippen MR) is 86.3 cm³/mol. The van der Waals surface area contributed by atoms with Crippen LogP contribution in [0.1, 0.15) is 29.6 Å². The zero-order valence-electron chi connectivity index (χ0n) is 13.4. The lowest BCUT2D eigenvalue weighted by atomic mass is 9.93. The van der Waals surface area contributed by atoms with Gasteiger partial charge in [0.25, 0.3) is 5.91 Å². The van der Waals surface area contributed by atoms with E-state index in [-0.39, 0.29) is 5.91 Å². The molecule has 7 nitrogen and oxygen atoms in total. The van der Waals surface area contributed by atoms with E-state index in [4.69, 9.17) is 0 Å². The molecule has 0 spiro atoms. The molecule has 7 heteroatoms. The van der Waals surface area contributed by atoms with Crippen molar-refractivity contribution in [2.75, 3.05) is 26.7 Å². The van der Waals surface area contributed by atoms with Crippen molar-refractivity contribution in [3.8, 4) is 5.82 Å². The first-order chi connectivity index (χ1) is 11.3. The smallest absolute Gasteiger partial charge is 0.254 e. The van der Waals surface area contributed by atoms with E-state index in [1.165, 1.54) is 12.7 Å². The molecule has 3 heterocycles. The van der Waals surface area contributed by atoms with Crippen LogP contribution in [0.3, 0.4) is 0 Å². The average Bonchev–Trinajstić information content (AvgIpc) is 3.14. The summed E-state index contributed by atoms with van der Waals surface area (Å²) in [6, 6.07) is 3.53. The standard InChI is InChI=1S/C16H22N6O/c1-17-6-2-13-4-8-21(9-5-13)16(23)14-3-7-19-15(10-14)22-12-18-11-20-22/h3,7,10-13,17H,2,4-6,8-9H2,1H3. The Morgan fingerprint density at radius 2 is 2.22 bits per heavy atom. The third-order valence-electron chi connectivity index (χ3n) is 4.35. The van der Waals surface area contributed by atoms with E-state index in [0.29, 0.717) is 11.4 Å². The molecule has 1 N–H and O–H groups in total. The van der Waals surface area contributed by atoms with Gasteiger partial charge < -0.3 is 10.2 Å². The van der Waals surface area contributed by atoms with Gasteiger partial charge in [-0.2, -0.15) is 5.10 Å². The maximum Gasteiger partial charge on any atom is 0.254 e. The van der Waals surface area contributed by atoms with E-state index in [1.54, 1.807) is 29.3 Å². The molecule has 0 aliphatic carbocycles. The summed E-state index contributed by atoms with van der Waals surface area (Å²) in [5.41, 5.74) is 0.652. The Morgan fingerprint density at radius 3 is 2.91 bits per heavy atom. The Labute approximate surface area is 135 Å². The average molecular weight is 314 g/mol. The predicted octanol–water partition coefficient (Wildman–Crippen LogP) is 1.12. The van der Waals surface area contributed by atoms with Crippen molar-refractivity contribution in [3.63, 3.8) is 0 Å².